The Kier molecular flexibility index (Phi) is 6.49. The number of benzene rings is 2. The van der Waals surface area contributed by atoms with Crippen molar-refractivity contribution < 1.29 is 9.84 Å². The zero-order valence-electron chi connectivity index (χ0n) is 17.1. The van der Waals surface area contributed by atoms with Crippen molar-refractivity contribution in [3.8, 4) is 16.9 Å². The Hall–Kier alpha value is -2.63. The van der Waals surface area contributed by atoms with Crippen LogP contribution >= 0.6 is 0 Å². The average molecular weight is 380 g/mol. The van der Waals surface area contributed by atoms with Gasteiger partial charge in [-0.1, -0.05) is 42.5 Å². The van der Waals surface area contributed by atoms with E-state index in [2.05, 4.69) is 29.1 Å². The number of nitrogens with zero attached hydrogens (tertiary/aromatic N) is 3. The number of ether oxygens (including phenoxy) is 1. The van der Waals surface area contributed by atoms with E-state index in [1.807, 2.05) is 68.2 Å². The van der Waals surface area contributed by atoms with E-state index in [9.17, 15) is 5.11 Å². The van der Waals surface area contributed by atoms with Crippen LogP contribution < -0.4 is 4.74 Å². The van der Waals surface area contributed by atoms with Crippen molar-refractivity contribution in [2.45, 2.75) is 26.5 Å². The number of aliphatic hydroxyl groups excluding tert-OH is 1. The highest BCUT2D eigenvalue weighted by Gasteiger charge is 2.14. The number of hydrogen-bond donors (Lipinski definition) is 1. The minimum atomic E-state index is -0.559. The number of aryl methyl sites for hydroxylation is 2. The summed E-state index contributed by atoms with van der Waals surface area (Å²) in [6.07, 6.45) is -0.559. The Balaban J connectivity index is 1.49. The van der Waals surface area contributed by atoms with Crippen LogP contribution in [0.2, 0.25) is 0 Å². The van der Waals surface area contributed by atoms with E-state index in [4.69, 9.17) is 4.74 Å². The SMILES string of the molecule is Cc1nn(C)c(C)c1CN(C)C[C@@H](O)COc1ccc(-c2ccccc2)cc1. The topological polar surface area (TPSA) is 50.5 Å². The predicted octanol–water partition coefficient (Wildman–Crippen LogP) is 3.58. The first-order valence-electron chi connectivity index (χ1n) is 9.58. The molecule has 0 unspecified atom stereocenters. The molecule has 0 radical (unpaired) electrons. The molecule has 0 fully saturated rings. The highest BCUT2D eigenvalue weighted by Crippen LogP contribution is 2.22. The molecule has 0 amide bonds. The molecule has 0 saturated heterocycles. The monoisotopic (exact) mass is 379 g/mol. The van der Waals surface area contributed by atoms with Gasteiger partial charge in [0.15, 0.2) is 0 Å². The largest absolute Gasteiger partial charge is 0.491 e. The molecule has 0 aliphatic rings. The molecule has 1 atom stereocenters. The van der Waals surface area contributed by atoms with Gasteiger partial charge in [0, 0.05) is 31.4 Å². The average Bonchev–Trinajstić information content (AvgIpc) is 2.93. The Morgan fingerprint density at radius 3 is 2.29 bits per heavy atom. The van der Waals surface area contributed by atoms with Gasteiger partial charge in [0.1, 0.15) is 18.5 Å². The molecule has 0 saturated carbocycles. The quantitative estimate of drug-likeness (QED) is 0.650. The third-order valence-electron chi connectivity index (χ3n) is 5.01. The van der Waals surface area contributed by atoms with Crippen molar-refractivity contribution in [1.29, 1.82) is 0 Å². The number of aliphatic hydroxyl groups is 1. The molecule has 0 aliphatic carbocycles. The summed E-state index contributed by atoms with van der Waals surface area (Å²) >= 11 is 0. The molecule has 1 aromatic heterocycles. The molecule has 5 heteroatoms. The maximum absolute atomic E-state index is 10.3. The molecule has 0 spiro atoms. The van der Waals surface area contributed by atoms with Gasteiger partial charge in [0.05, 0.1) is 5.69 Å². The normalized spacial score (nSPS) is 12.4. The van der Waals surface area contributed by atoms with E-state index in [0.717, 1.165) is 29.2 Å². The summed E-state index contributed by atoms with van der Waals surface area (Å²) in [5, 5.41) is 14.8. The number of hydrogen-bond acceptors (Lipinski definition) is 4. The first kappa shape index (κ1) is 20.1. The van der Waals surface area contributed by atoms with Crippen LogP contribution in [0.1, 0.15) is 17.0 Å². The zero-order valence-corrected chi connectivity index (χ0v) is 17.1. The Morgan fingerprint density at radius 1 is 1.04 bits per heavy atom. The Bertz CT molecular complexity index is 888. The van der Waals surface area contributed by atoms with Gasteiger partial charge in [0.25, 0.3) is 0 Å². The highest BCUT2D eigenvalue weighted by atomic mass is 16.5. The van der Waals surface area contributed by atoms with Crippen molar-refractivity contribution in [3.05, 3.63) is 71.5 Å². The number of rotatable bonds is 8. The van der Waals surface area contributed by atoms with Crippen LogP contribution in [0, 0.1) is 13.8 Å². The Labute approximate surface area is 167 Å². The molecule has 28 heavy (non-hydrogen) atoms. The molecule has 1 heterocycles. The van der Waals surface area contributed by atoms with Crippen molar-refractivity contribution in [3.63, 3.8) is 0 Å². The first-order chi connectivity index (χ1) is 13.4. The molecule has 0 bridgehead atoms. The van der Waals surface area contributed by atoms with Crippen LogP contribution in [-0.4, -0.2) is 46.1 Å². The van der Waals surface area contributed by atoms with Crippen LogP contribution in [0.15, 0.2) is 54.6 Å². The lowest BCUT2D eigenvalue weighted by Gasteiger charge is -2.21. The van der Waals surface area contributed by atoms with Crippen molar-refractivity contribution in [1.82, 2.24) is 14.7 Å². The zero-order chi connectivity index (χ0) is 20.1. The van der Waals surface area contributed by atoms with E-state index in [-0.39, 0.29) is 6.61 Å². The van der Waals surface area contributed by atoms with Gasteiger partial charge < -0.3 is 9.84 Å². The third kappa shape index (κ3) is 5.00. The molecule has 3 aromatic rings. The molecule has 0 aliphatic heterocycles. The minimum absolute atomic E-state index is 0.264. The second kappa shape index (κ2) is 9.04. The molecular formula is C23H29N3O2. The van der Waals surface area contributed by atoms with Gasteiger partial charge in [-0.15, -0.1) is 0 Å². The molecule has 5 nitrogen and oxygen atoms in total. The summed E-state index contributed by atoms with van der Waals surface area (Å²) in [7, 11) is 3.96. The standard InChI is InChI=1S/C23H29N3O2/c1-17-23(18(2)26(4)24-17)15-25(3)14-21(27)16-28-22-12-10-20(11-13-22)19-8-6-5-7-9-19/h5-13,21,27H,14-16H2,1-4H3/t21-/m1/s1. The van der Waals surface area contributed by atoms with Crippen LogP contribution in [0.5, 0.6) is 5.75 Å². The van der Waals surface area contributed by atoms with Gasteiger partial charge in [-0.3, -0.25) is 9.58 Å². The maximum atomic E-state index is 10.3. The molecule has 2 aromatic carbocycles. The second-order valence-corrected chi connectivity index (χ2v) is 7.32. The lowest BCUT2D eigenvalue weighted by atomic mass is 10.1. The van der Waals surface area contributed by atoms with Crippen LogP contribution in [0.3, 0.4) is 0 Å². The third-order valence-corrected chi connectivity index (χ3v) is 5.01. The summed E-state index contributed by atoms with van der Waals surface area (Å²) in [4.78, 5) is 2.10. The lowest BCUT2D eigenvalue weighted by molar-refractivity contribution is 0.0743. The summed E-state index contributed by atoms with van der Waals surface area (Å²) < 4.78 is 7.67. The summed E-state index contributed by atoms with van der Waals surface area (Å²) in [5.41, 5.74) is 5.74. The van der Waals surface area contributed by atoms with Gasteiger partial charge in [-0.2, -0.15) is 5.10 Å². The molecule has 1 N–H and O–H groups in total. The summed E-state index contributed by atoms with van der Waals surface area (Å²) in [5.74, 6) is 0.764. The second-order valence-electron chi connectivity index (χ2n) is 7.32. The van der Waals surface area contributed by atoms with Crippen molar-refractivity contribution >= 4 is 0 Å². The van der Waals surface area contributed by atoms with Crippen LogP contribution in [0.25, 0.3) is 11.1 Å². The predicted molar refractivity (Wildman–Crippen MR) is 112 cm³/mol. The van der Waals surface area contributed by atoms with Crippen molar-refractivity contribution in [2.24, 2.45) is 7.05 Å². The van der Waals surface area contributed by atoms with E-state index in [1.165, 1.54) is 11.1 Å². The van der Waals surface area contributed by atoms with Crippen molar-refractivity contribution in [2.75, 3.05) is 20.2 Å². The van der Waals surface area contributed by atoms with Gasteiger partial charge >= 0.3 is 0 Å². The molecule has 148 valence electrons. The van der Waals surface area contributed by atoms with Gasteiger partial charge in [-0.05, 0) is 44.2 Å². The fourth-order valence-electron chi connectivity index (χ4n) is 3.36. The van der Waals surface area contributed by atoms with E-state index in [1.54, 1.807) is 0 Å². The molecule has 3 rings (SSSR count). The van der Waals surface area contributed by atoms with Crippen LogP contribution in [0.4, 0.5) is 0 Å². The fraction of sp³-hybridized carbons (Fsp3) is 0.348. The molecular weight excluding hydrogens is 350 g/mol. The summed E-state index contributed by atoms with van der Waals surface area (Å²) in [6.45, 7) is 5.65. The number of aromatic nitrogens is 2. The van der Waals surface area contributed by atoms with Gasteiger partial charge in [-0.25, -0.2) is 0 Å². The van der Waals surface area contributed by atoms with Crippen LogP contribution in [-0.2, 0) is 13.6 Å². The number of likely N-dealkylation sites (N-methyl/N-ethyl adjacent to an activating group) is 1. The van der Waals surface area contributed by atoms with E-state index in [0.29, 0.717) is 6.54 Å². The fourth-order valence-corrected chi connectivity index (χ4v) is 3.36. The first-order valence-corrected chi connectivity index (χ1v) is 9.58. The van der Waals surface area contributed by atoms with Gasteiger partial charge in [0.2, 0.25) is 0 Å². The minimum Gasteiger partial charge on any atom is -0.491 e. The van der Waals surface area contributed by atoms with E-state index >= 15 is 0 Å². The smallest absolute Gasteiger partial charge is 0.119 e. The summed E-state index contributed by atoms with van der Waals surface area (Å²) in [6, 6.07) is 18.2. The lowest BCUT2D eigenvalue weighted by Crippen LogP contribution is -2.33. The Morgan fingerprint density at radius 2 is 1.68 bits per heavy atom. The highest BCUT2D eigenvalue weighted by molar-refractivity contribution is 5.63. The van der Waals surface area contributed by atoms with E-state index < -0.39 is 6.10 Å². The maximum Gasteiger partial charge on any atom is 0.119 e.